The molecule has 1 aromatic carbocycles. The summed E-state index contributed by atoms with van der Waals surface area (Å²) in [5.41, 5.74) is 3.44. The number of carbonyl (C=O) groups excluding carboxylic acids is 1. The van der Waals surface area contributed by atoms with Gasteiger partial charge in [-0.3, -0.25) is 14.2 Å². The van der Waals surface area contributed by atoms with Crippen molar-refractivity contribution in [2.24, 2.45) is 4.99 Å². The number of likely N-dealkylation sites (tertiary alicyclic amines) is 1. The Labute approximate surface area is 217 Å². The van der Waals surface area contributed by atoms with E-state index in [0.29, 0.717) is 18.2 Å². The number of halogens is 1. The number of carbonyl (C=O) groups is 1. The highest BCUT2D eigenvalue weighted by atomic mass is 127. The number of hydrogen-bond acceptors (Lipinski definition) is 4. The molecular weight excluding hydrogens is 541 g/mol. The van der Waals surface area contributed by atoms with Crippen LogP contribution in [0.25, 0.3) is 5.65 Å². The van der Waals surface area contributed by atoms with Crippen molar-refractivity contribution in [3.05, 3.63) is 60.0 Å². The maximum absolute atomic E-state index is 12.0. The molecule has 1 fully saturated rings. The minimum absolute atomic E-state index is 0. The number of benzene rings is 1. The second-order valence-electron chi connectivity index (χ2n) is 8.76. The zero-order chi connectivity index (χ0) is 22.6. The molecule has 1 unspecified atom stereocenters. The Morgan fingerprint density at radius 1 is 1.18 bits per heavy atom. The van der Waals surface area contributed by atoms with E-state index in [1.54, 1.807) is 0 Å². The van der Waals surface area contributed by atoms with E-state index in [4.69, 9.17) is 0 Å². The first-order valence-electron chi connectivity index (χ1n) is 11.9. The highest BCUT2D eigenvalue weighted by Gasteiger charge is 2.32. The van der Waals surface area contributed by atoms with Crippen molar-refractivity contribution >= 4 is 47.2 Å². The van der Waals surface area contributed by atoms with E-state index in [2.05, 4.69) is 49.7 Å². The lowest BCUT2D eigenvalue weighted by Gasteiger charge is -2.23. The zero-order valence-corrected chi connectivity index (χ0v) is 21.9. The first kappa shape index (κ1) is 24.4. The van der Waals surface area contributed by atoms with Crippen LogP contribution in [-0.2, 0) is 11.2 Å². The third-order valence-electron chi connectivity index (χ3n) is 6.70. The number of anilines is 1. The quantitative estimate of drug-likeness (QED) is 0.203. The molecule has 0 aliphatic carbocycles. The van der Waals surface area contributed by atoms with Crippen molar-refractivity contribution in [2.75, 3.05) is 38.1 Å². The van der Waals surface area contributed by atoms with Gasteiger partial charge in [0.05, 0.1) is 0 Å². The Hall–Kier alpha value is -2.69. The largest absolute Gasteiger partial charge is 0.356 e. The van der Waals surface area contributed by atoms with Crippen LogP contribution in [0.15, 0.2) is 53.7 Å². The van der Waals surface area contributed by atoms with Crippen molar-refractivity contribution in [1.29, 1.82) is 0 Å². The first-order chi connectivity index (χ1) is 16.2. The van der Waals surface area contributed by atoms with Gasteiger partial charge in [-0.1, -0.05) is 24.3 Å². The second-order valence-corrected chi connectivity index (χ2v) is 8.76. The Balaban J connectivity index is 0.00000274. The standard InChI is InChI=1S/C25H31N7O.HI/c1-26-25(27-14-6-11-23-29-28-22-10-4-5-16-31(22)23)32-18-19(20-8-2-3-9-21(20)32)13-17-30-15-7-12-24(30)33;/h2-5,8-10,16,19H,6-7,11-15,17-18H2,1H3,(H,26,27);1H. The van der Waals surface area contributed by atoms with Gasteiger partial charge in [0.1, 0.15) is 5.82 Å². The van der Waals surface area contributed by atoms with Crippen molar-refractivity contribution in [1.82, 2.24) is 24.8 Å². The molecule has 1 saturated heterocycles. The molecule has 0 saturated carbocycles. The molecule has 9 heteroatoms. The van der Waals surface area contributed by atoms with Gasteiger partial charge < -0.3 is 15.1 Å². The summed E-state index contributed by atoms with van der Waals surface area (Å²) in [4.78, 5) is 20.9. The SMILES string of the molecule is CN=C(NCCCc1nnc2ccccn12)N1CC(CCN2CCCC2=O)c2ccccc21.I. The van der Waals surface area contributed by atoms with Crippen molar-refractivity contribution in [3.63, 3.8) is 0 Å². The number of aliphatic imine (C=N–C) groups is 1. The highest BCUT2D eigenvalue weighted by molar-refractivity contribution is 14.0. The Morgan fingerprint density at radius 3 is 2.85 bits per heavy atom. The number of nitrogens with one attached hydrogen (secondary N) is 1. The summed E-state index contributed by atoms with van der Waals surface area (Å²) in [7, 11) is 1.84. The molecule has 3 aromatic rings. The Kier molecular flexibility index (Phi) is 8.02. The molecular formula is C25H32IN7O. The molecule has 1 atom stereocenters. The van der Waals surface area contributed by atoms with Gasteiger partial charge in [-0.25, -0.2) is 0 Å². The number of aromatic nitrogens is 3. The molecule has 0 spiro atoms. The maximum atomic E-state index is 12.0. The molecule has 2 aliphatic rings. The predicted molar refractivity (Wildman–Crippen MR) is 145 cm³/mol. The van der Waals surface area contributed by atoms with E-state index >= 15 is 0 Å². The lowest BCUT2D eigenvalue weighted by molar-refractivity contribution is -0.127. The van der Waals surface area contributed by atoms with Crippen molar-refractivity contribution in [2.45, 2.75) is 38.0 Å². The number of rotatable bonds is 7. The van der Waals surface area contributed by atoms with Crippen LogP contribution in [-0.4, -0.2) is 64.6 Å². The average molecular weight is 573 g/mol. The average Bonchev–Trinajstić information content (AvgIpc) is 3.55. The summed E-state index contributed by atoms with van der Waals surface area (Å²) in [5, 5.41) is 12.1. The molecule has 180 valence electrons. The highest BCUT2D eigenvalue weighted by Crippen LogP contribution is 2.38. The Bertz CT molecular complexity index is 1160. The number of aryl methyl sites for hydroxylation is 1. The maximum Gasteiger partial charge on any atom is 0.222 e. The zero-order valence-electron chi connectivity index (χ0n) is 19.6. The first-order valence-corrected chi connectivity index (χ1v) is 11.9. The lowest BCUT2D eigenvalue weighted by Crippen LogP contribution is -2.41. The molecule has 2 aliphatic heterocycles. The summed E-state index contributed by atoms with van der Waals surface area (Å²) in [6.45, 7) is 3.43. The van der Waals surface area contributed by atoms with Crippen LogP contribution in [0, 0.1) is 0 Å². The van der Waals surface area contributed by atoms with Gasteiger partial charge in [0.2, 0.25) is 5.91 Å². The molecule has 34 heavy (non-hydrogen) atoms. The number of pyridine rings is 1. The van der Waals surface area contributed by atoms with Crippen LogP contribution in [0.5, 0.6) is 0 Å². The molecule has 0 bridgehead atoms. The minimum atomic E-state index is 0. The van der Waals surface area contributed by atoms with Crippen molar-refractivity contribution in [3.8, 4) is 0 Å². The second kappa shape index (κ2) is 11.2. The van der Waals surface area contributed by atoms with Crippen LogP contribution < -0.4 is 10.2 Å². The summed E-state index contributed by atoms with van der Waals surface area (Å²) in [6, 6.07) is 14.5. The fourth-order valence-corrected chi connectivity index (χ4v) is 5.00. The van der Waals surface area contributed by atoms with Gasteiger partial charge >= 0.3 is 0 Å². The fraction of sp³-hybridized carbons (Fsp3) is 0.440. The molecule has 1 amide bonds. The van der Waals surface area contributed by atoms with E-state index < -0.39 is 0 Å². The minimum Gasteiger partial charge on any atom is -0.356 e. The molecule has 5 rings (SSSR count). The summed E-state index contributed by atoms with van der Waals surface area (Å²) < 4.78 is 2.04. The number of para-hydroxylation sites is 1. The van der Waals surface area contributed by atoms with Crippen LogP contribution >= 0.6 is 24.0 Å². The van der Waals surface area contributed by atoms with Crippen LogP contribution in [0.2, 0.25) is 0 Å². The summed E-state index contributed by atoms with van der Waals surface area (Å²) >= 11 is 0. The van der Waals surface area contributed by atoms with Crippen LogP contribution in [0.1, 0.15) is 43.0 Å². The predicted octanol–water partition coefficient (Wildman–Crippen LogP) is 3.47. The molecule has 2 aromatic heterocycles. The fourth-order valence-electron chi connectivity index (χ4n) is 5.00. The molecule has 4 heterocycles. The smallest absolute Gasteiger partial charge is 0.222 e. The summed E-state index contributed by atoms with van der Waals surface area (Å²) in [5.74, 6) is 2.57. The Morgan fingerprint density at radius 2 is 2.03 bits per heavy atom. The number of amides is 1. The van der Waals surface area contributed by atoms with E-state index in [-0.39, 0.29) is 24.0 Å². The van der Waals surface area contributed by atoms with E-state index in [9.17, 15) is 4.79 Å². The molecule has 1 N–H and O–H groups in total. The third kappa shape index (κ3) is 5.03. The van der Waals surface area contributed by atoms with E-state index in [1.807, 2.05) is 40.7 Å². The van der Waals surface area contributed by atoms with Gasteiger partial charge in [0.15, 0.2) is 11.6 Å². The monoisotopic (exact) mass is 573 g/mol. The number of fused-ring (bicyclic) bond motifs is 2. The van der Waals surface area contributed by atoms with Gasteiger partial charge in [0, 0.05) is 63.9 Å². The van der Waals surface area contributed by atoms with Gasteiger partial charge in [-0.2, -0.15) is 0 Å². The van der Waals surface area contributed by atoms with Gasteiger partial charge in [-0.05, 0) is 43.0 Å². The normalized spacial score (nSPS) is 17.9. The topological polar surface area (TPSA) is 78.1 Å². The third-order valence-corrected chi connectivity index (χ3v) is 6.70. The number of hydrogen-bond donors (Lipinski definition) is 1. The number of guanidine groups is 1. The van der Waals surface area contributed by atoms with E-state index in [1.165, 1.54) is 11.3 Å². The number of nitrogens with zero attached hydrogens (tertiary/aromatic N) is 6. The summed E-state index contributed by atoms with van der Waals surface area (Å²) in [6.07, 6.45) is 6.47. The van der Waals surface area contributed by atoms with Crippen LogP contribution in [0.4, 0.5) is 5.69 Å². The van der Waals surface area contributed by atoms with Crippen molar-refractivity contribution < 1.29 is 4.79 Å². The lowest BCUT2D eigenvalue weighted by atomic mass is 9.98. The van der Waals surface area contributed by atoms with Gasteiger partial charge in [-0.15, -0.1) is 34.2 Å². The van der Waals surface area contributed by atoms with Gasteiger partial charge in [0.25, 0.3) is 0 Å². The molecule has 0 radical (unpaired) electrons. The van der Waals surface area contributed by atoms with Crippen LogP contribution in [0.3, 0.4) is 0 Å². The molecule has 8 nitrogen and oxygen atoms in total. The van der Waals surface area contributed by atoms with E-state index in [0.717, 1.165) is 69.3 Å².